The van der Waals surface area contributed by atoms with Crippen molar-refractivity contribution in [2.75, 3.05) is 25.7 Å². The van der Waals surface area contributed by atoms with E-state index in [1.54, 1.807) is 14.2 Å². The molecule has 0 aliphatic rings. The molecular formula is C20H16N8O2S2. The highest BCUT2D eigenvalue weighted by Gasteiger charge is 2.11. The van der Waals surface area contributed by atoms with Gasteiger partial charge in [0.2, 0.25) is 11.9 Å². The van der Waals surface area contributed by atoms with Gasteiger partial charge in [-0.25, -0.2) is 9.97 Å². The van der Waals surface area contributed by atoms with E-state index in [0.717, 1.165) is 31.9 Å². The van der Waals surface area contributed by atoms with Gasteiger partial charge in [0.15, 0.2) is 15.8 Å². The second-order valence-electron chi connectivity index (χ2n) is 6.19. The van der Waals surface area contributed by atoms with Crippen LogP contribution >= 0.6 is 22.7 Å². The number of ether oxygens (including phenoxy) is 2. The lowest BCUT2D eigenvalue weighted by Crippen LogP contribution is -2.03. The SMILES string of the molecule is COc1ccc2nc(-c3nc(N)nc(N)n3)sc2c1.COc1ccc2nc(C#N)sc2c1. The van der Waals surface area contributed by atoms with E-state index in [1.807, 2.05) is 42.5 Å². The zero-order valence-corrected chi connectivity index (χ0v) is 18.6. The third-order valence-corrected chi connectivity index (χ3v) is 6.09. The molecular weight excluding hydrogens is 448 g/mol. The summed E-state index contributed by atoms with van der Waals surface area (Å²) in [5, 5.41) is 9.76. The third-order valence-electron chi connectivity index (χ3n) is 4.15. The fourth-order valence-electron chi connectivity index (χ4n) is 2.71. The molecule has 0 aliphatic heterocycles. The van der Waals surface area contributed by atoms with E-state index >= 15 is 0 Å². The lowest BCUT2D eigenvalue weighted by molar-refractivity contribution is 0.415. The van der Waals surface area contributed by atoms with Crippen LogP contribution in [-0.2, 0) is 0 Å². The molecule has 0 atom stereocenters. The maximum Gasteiger partial charge on any atom is 0.225 e. The molecule has 2 aromatic carbocycles. The van der Waals surface area contributed by atoms with Gasteiger partial charge >= 0.3 is 0 Å². The van der Waals surface area contributed by atoms with E-state index in [-0.39, 0.29) is 11.9 Å². The van der Waals surface area contributed by atoms with Gasteiger partial charge in [0.1, 0.15) is 17.6 Å². The van der Waals surface area contributed by atoms with Gasteiger partial charge in [-0.15, -0.1) is 22.7 Å². The Morgan fingerprint density at radius 2 is 1.34 bits per heavy atom. The largest absolute Gasteiger partial charge is 0.497 e. The Morgan fingerprint density at radius 3 is 1.91 bits per heavy atom. The van der Waals surface area contributed by atoms with E-state index in [4.69, 9.17) is 26.2 Å². The first-order valence-corrected chi connectivity index (χ1v) is 10.7. The van der Waals surface area contributed by atoms with Crippen molar-refractivity contribution in [1.82, 2.24) is 24.9 Å². The van der Waals surface area contributed by atoms with Gasteiger partial charge < -0.3 is 20.9 Å². The summed E-state index contributed by atoms with van der Waals surface area (Å²) in [6.07, 6.45) is 0. The minimum atomic E-state index is 0.0827. The molecule has 0 amide bonds. The monoisotopic (exact) mass is 464 g/mol. The molecule has 0 aliphatic carbocycles. The zero-order chi connectivity index (χ0) is 22.7. The molecule has 10 nitrogen and oxygen atoms in total. The van der Waals surface area contributed by atoms with Crippen LogP contribution in [0.4, 0.5) is 11.9 Å². The number of thiazole rings is 2. The summed E-state index contributed by atoms with van der Waals surface area (Å²) >= 11 is 2.82. The van der Waals surface area contributed by atoms with Gasteiger partial charge in [-0.1, -0.05) is 0 Å². The van der Waals surface area contributed by atoms with Crippen molar-refractivity contribution in [1.29, 1.82) is 5.26 Å². The van der Waals surface area contributed by atoms with Crippen LogP contribution in [0.25, 0.3) is 31.3 Å². The predicted molar refractivity (Wildman–Crippen MR) is 125 cm³/mol. The minimum absolute atomic E-state index is 0.0827. The minimum Gasteiger partial charge on any atom is -0.497 e. The first-order valence-electron chi connectivity index (χ1n) is 9.05. The smallest absolute Gasteiger partial charge is 0.225 e. The van der Waals surface area contributed by atoms with Crippen molar-refractivity contribution < 1.29 is 9.47 Å². The van der Waals surface area contributed by atoms with Crippen molar-refractivity contribution in [2.45, 2.75) is 0 Å². The molecule has 0 spiro atoms. The van der Waals surface area contributed by atoms with E-state index in [0.29, 0.717) is 15.8 Å². The molecule has 3 heterocycles. The van der Waals surface area contributed by atoms with Crippen molar-refractivity contribution in [3.63, 3.8) is 0 Å². The first kappa shape index (κ1) is 21.2. The molecule has 160 valence electrons. The van der Waals surface area contributed by atoms with Crippen LogP contribution in [0.15, 0.2) is 36.4 Å². The number of hydrogen-bond acceptors (Lipinski definition) is 12. The number of aromatic nitrogens is 5. The number of methoxy groups -OCH3 is 2. The number of nitrogen functional groups attached to an aromatic ring is 2. The Labute approximate surface area is 190 Å². The van der Waals surface area contributed by atoms with Crippen molar-refractivity contribution in [3.05, 3.63) is 41.4 Å². The number of nitrogens with two attached hydrogens (primary N) is 2. The molecule has 32 heavy (non-hydrogen) atoms. The summed E-state index contributed by atoms with van der Waals surface area (Å²) < 4.78 is 12.2. The zero-order valence-electron chi connectivity index (χ0n) is 16.9. The summed E-state index contributed by atoms with van der Waals surface area (Å²) in [7, 11) is 3.24. The van der Waals surface area contributed by atoms with Gasteiger partial charge in [0, 0.05) is 0 Å². The molecule has 0 unspecified atom stereocenters. The number of benzene rings is 2. The molecule has 12 heteroatoms. The molecule has 0 saturated carbocycles. The Kier molecular flexibility index (Phi) is 5.93. The third kappa shape index (κ3) is 4.48. The van der Waals surface area contributed by atoms with Gasteiger partial charge in [-0.3, -0.25) is 0 Å². The van der Waals surface area contributed by atoms with Crippen LogP contribution in [0.3, 0.4) is 0 Å². The van der Waals surface area contributed by atoms with Gasteiger partial charge in [-0.2, -0.15) is 20.2 Å². The summed E-state index contributed by atoms with van der Waals surface area (Å²) in [6, 6.07) is 13.2. The maximum atomic E-state index is 8.63. The number of rotatable bonds is 3. The molecule has 0 bridgehead atoms. The Bertz CT molecular complexity index is 1440. The lowest BCUT2D eigenvalue weighted by atomic mass is 10.3. The number of nitriles is 1. The normalized spacial score (nSPS) is 10.4. The Balaban J connectivity index is 0.000000165. The molecule has 0 saturated heterocycles. The number of hydrogen-bond donors (Lipinski definition) is 2. The van der Waals surface area contributed by atoms with Crippen LogP contribution in [0.5, 0.6) is 11.5 Å². The van der Waals surface area contributed by atoms with Crippen molar-refractivity contribution >= 4 is 55.0 Å². The Hall–Kier alpha value is -4.08. The van der Waals surface area contributed by atoms with Crippen molar-refractivity contribution in [3.8, 4) is 28.4 Å². The summed E-state index contributed by atoms with van der Waals surface area (Å²) in [4.78, 5) is 20.3. The number of anilines is 2. The average Bonchev–Trinajstić information content (AvgIpc) is 3.41. The number of fused-ring (bicyclic) bond motifs is 2. The van der Waals surface area contributed by atoms with E-state index < -0.39 is 0 Å². The summed E-state index contributed by atoms with van der Waals surface area (Å²) in [5.74, 6) is 2.11. The fraction of sp³-hybridized carbons (Fsp3) is 0.100. The van der Waals surface area contributed by atoms with Crippen LogP contribution in [-0.4, -0.2) is 39.1 Å². The van der Waals surface area contributed by atoms with Crippen LogP contribution in [0.1, 0.15) is 5.01 Å². The topological polar surface area (TPSA) is 159 Å². The summed E-state index contributed by atoms with van der Waals surface area (Å²) in [5.41, 5.74) is 12.8. The van der Waals surface area contributed by atoms with Crippen LogP contribution < -0.4 is 20.9 Å². The predicted octanol–water partition coefficient (Wildman–Crippen LogP) is 3.50. The van der Waals surface area contributed by atoms with E-state index in [2.05, 4.69) is 24.9 Å². The highest BCUT2D eigenvalue weighted by atomic mass is 32.1. The second-order valence-corrected chi connectivity index (χ2v) is 8.25. The molecule has 3 aromatic heterocycles. The van der Waals surface area contributed by atoms with Gasteiger partial charge in [0.05, 0.1) is 34.7 Å². The quantitative estimate of drug-likeness (QED) is 0.404. The molecule has 5 aromatic rings. The van der Waals surface area contributed by atoms with E-state index in [9.17, 15) is 0 Å². The standard InChI is InChI=1S/C11H10N6OS.C9H6N2OS/c1-18-5-2-3-6-7(4-5)19-9(14-6)8-15-10(12)17-11(13)16-8;1-12-6-2-3-7-8(4-6)13-9(5-10)11-7/h2-4H,1H3,(H4,12,13,15,16,17);2-4H,1H3. The molecule has 4 N–H and O–H groups in total. The fourth-order valence-corrected chi connectivity index (χ4v) is 4.43. The summed E-state index contributed by atoms with van der Waals surface area (Å²) in [6.45, 7) is 0. The number of nitrogens with zero attached hydrogens (tertiary/aromatic N) is 6. The van der Waals surface area contributed by atoms with E-state index in [1.165, 1.54) is 22.7 Å². The lowest BCUT2D eigenvalue weighted by Gasteiger charge is -1.97. The molecule has 5 rings (SSSR count). The Morgan fingerprint density at radius 1 is 0.781 bits per heavy atom. The second kappa shape index (κ2) is 8.96. The highest BCUT2D eigenvalue weighted by Crippen LogP contribution is 2.31. The van der Waals surface area contributed by atoms with Crippen LogP contribution in [0, 0.1) is 11.3 Å². The maximum absolute atomic E-state index is 8.63. The van der Waals surface area contributed by atoms with Gasteiger partial charge in [0.25, 0.3) is 0 Å². The van der Waals surface area contributed by atoms with Gasteiger partial charge in [-0.05, 0) is 36.4 Å². The molecule has 0 radical (unpaired) electrons. The van der Waals surface area contributed by atoms with Crippen LogP contribution in [0.2, 0.25) is 0 Å². The first-order chi connectivity index (χ1) is 15.5. The molecule has 0 fully saturated rings. The average molecular weight is 465 g/mol. The van der Waals surface area contributed by atoms with Crippen molar-refractivity contribution in [2.24, 2.45) is 0 Å². The highest BCUT2D eigenvalue weighted by molar-refractivity contribution is 7.21.